The first kappa shape index (κ1) is 13.9. The van der Waals surface area contributed by atoms with Crippen molar-refractivity contribution in [2.75, 3.05) is 45.2 Å². The zero-order chi connectivity index (χ0) is 11.0. The highest BCUT2D eigenvalue weighted by Crippen LogP contribution is 1.89. The van der Waals surface area contributed by atoms with Crippen molar-refractivity contribution in [1.82, 2.24) is 10.2 Å². The van der Waals surface area contributed by atoms with Crippen molar-refractivity contribution < 1.29 is 8.42 Å². The minimum absolute atomic E-state index is 0.255. The Morgan fingerprint density at radius 1 is 1.29 bits per heavy atom. The minimum atomic E-state index is -2.81. The van der Waals surface area contributed by atoms with E-state index in [0.29, 0.717) is 6.54 Å². The van der Waals surface area contributed by atoms with E-state index in [-0.39, 0.29) is 5.75 Å². The third kappa shape index (κ3) is 9.95. The number of rotatable bonds is 8. The van der Waals surface area contributed by atoms with E-state index in [1.165, 1.54) is 6.26 Å². The molecule has 5 heteroatoms. The van der Waals surface area contributed by atoms with Gasteiger partial charge < -0.3 is 10.2 Å². The smallest absolute Gasteiger partial charge is 0.148 e. The molecule has 0 bridgehead atoms. The Morgan fingerprint density at radius 3 is 2.43 bits per heavy atom. The van der Waals surface area contributed by atoms with Crippen molar-refractivity contribution in [2.45, 2.75) is 13.3 Å². The van der Waals surface area contributed by atoms with E-state index >= 15 is 0 Å². The van der Waals surface area contributed by atoms with Crippen LogP contribution in [0.2, 0.25) is 0 Å². The van der Waals surface area contributed by atoms with Gasteiger partial charge in [0.2, 0.25) is 0 Å². The Kier molecular flexibility index (Phi) is 7.13. The SMILES string of the molecule is CCNCCCN(C)CCS(C)(=O)=O. The van der Waals surface area contributed by atoms with Crippen LogP contribution in [0.4, 0.5) is 0 Å². The topological polar surface area (TPSA) is 49.4 Å². The lowest BCUT2D eigenvalue weighted by Gasteiger charge is -2.15. The standard InChI is InChI=1S/C9H22N2O2S/c1-4-10-6-5-7-11(2)8-9-14(3,12)13/h10H,4-9H2,1-3H3. The quantitative estimate of drug-likeness (QED) is 0.586. The lowest BCUT2D eigenvalue weighted by Crippen LogP contribution is -2.28. The highest BCUT2D eigenvalue weighted by Gasteiger charge is 2.04. The maximum Gasteiger partial charge on any atom is 0.148 e. The summed E-state index contributed by atoms with van der Waals surface area (Å²) < 4.78 is 21.7. The van der Waals surface area contributed by atoms with Crippen molar-refractivity contribution in [3.05, 3.63) is 0 Å². The molecule has 14 heavy (non-hydrogen) atoms. The predicted octanol–water partition coefficient (Wildman–Crippen LogP) is -0.0376. The van der Waals surface area contributed by atoms with Crippen LogP contribution in [0.15, 0.2) is 0 Å². The second-order valence-corrected chi connectivity index (χ2v) is 5.90. The van der Waals surface area contributed by atoms with E-state index in [4.69, 9.17) is 0 Å². The first-order chi connectivity index (χ1) is 6.45. The molecule has 0 aliphatic heterocycles. The van der Waals surface area contributed by atoms with E-state index in [9.17, 15) is 8.42 Å². The third-order valence-electron chi connectivity index (χ3n) is 1.99. The average molecular weight is 222 g/mol. The lowest BCUT2D eigenvalue weighted by molar-refractivity contribution is 0.345. The monoisotopic (exact) mass is 222 g/mol. The van der Waals surface area contributed by atoms with Crippen molar-refractivity contribution in [3.63, 3.8) is 0 Å². The van der Waals surface area contributed by atoms with E-state index < -0.39 is 9.84 Å². The normalized spacial score (nSPS) is 12.3. The molecule has 0 radical (unpaired) electrons. The summed E-state index contributed by atoms with van der Waals surface area (Å²) in [6, 6.07) is 0. The first-order valence-corrected chi connectivity index (χ1v) is 7.08. The molecule has 0 aliphatic rings. The molecule has 86 valence electrons. The van der Waals surface area contributed by atoms with Crippen molar-refractivity contribution in [2.24, 2.45) is 0 Å². The third-order valence-corrected chi connectivity index (χ3v) is 2.91. The maximum atomic E-state index is 10.9. The molecule has 0 saturated heterocycles. The summed E-state index contributed by atoms with van der Waals surface area (Å²) in [4.78, 5) is 2.05. The summed E-state index contributed by atoms with van der Waals surface area (Å²) in [5.41, 5.74) is 0. The molecule has 0 rings (SSSR count). The van der Waals surface area contributed by atoms with Gasteiger partial charge in [-0.25, -0.2) is 8.42 Å². The summed E-state index contributed by atoms with van der Waals surface area (Å²) in [6.45, 7) is 5.65. The van der Waals surface area contributed by atoms with Crippen LogP contribution in [0.5, 0.6) is 0 Å². The van der Waals surface area contributed by atoms with Crippen molar-refractivity contribution in [1.29, 1.82) is 0 Å². The van der Waals surface area contributed by atoms with E-state index in [1.54, 1.807) is 0 Å². The highest BCUT2D eigenvalue weighted by atomic mass is 32.2. The Balaban J connectivity index is 3.42. The number of hydrogen-bond donors (Lipinski definition) is 1. The molecule has 1 N–H and O–H groups in total. The predicted molar refractivity (Wildman–Crippen MR) is 60.4 cm³/mol. The molecule has 0 atom stereocenters. The molecule has 0 aromatic carbocycles. The average Bonchev–Trinajstić information content (AvgIpc) is 2.08. The Morgan fingerprint density at radius 2 is 1.93 bits per heavy atom. The van der Waals surface area contributed by atoms with E-state index in [0.717, 1.165) is 26.1 Å². The van der Waals surface area contributed by atoms with Crippen LogP contribution in [0.1, 0.15) is 13.3 Å². The molecule has 0 fully saturated rings. The Labute approximate surface area is 87.6 Å². The van der Waals surface area contributed by atoms with Gasteiger partial charge in [-0.3, -0.25) is 0 Å². The van der Waals surface area contributed by atoms with Crippen molar-refractivity contribution in [3.8, 4) is 0 Å². The number of nitrogens with one attached hydrogen (secondary N) is 1. The van der Waals surface area contributed by atoms with Gasteiger partial charge in [0, 0.05) is 12.8 Å². The molecule has 4 nitrogen and oxygen atoms in total. The minimum Gasteiger partial charge on any atom is -0.317 e. The van der Waals surface area contributed by atoms with Crippen LogP contribution in [0, 0.1) is 0 Å². The van der Waals surface area contributed by atoms with Gasteiger partial charge in [-0.2, -0.15) is 0 Å². The molecule has 0 saturated carbocycles. The van der Waals surface area contributed by atoms with Crippen LogP contribution in [0.25, 0.3) is 0 Å². The first-order valence-electron chi connectivity index (χ1n) is 5.02. The zero-order valence-electron chi connectivity index (χ0n) is 9.41. The summed E-state index contributed by atoms with van der Waals surface area (Å²) in [5.74, 6) is 0.255. The fraction of sp³-hybridized carbons (Fsp3) is 1.00. The molecule has 0 heterocycles. The molecule has 0 unspecified atom stereocenters. The zero-order valence-corrected chi connectivity index (χ0v) is 10.2. The van der Waals surface area contributed by atoms with Crippen LogP contribution in [-0.4, -0.2) is 58.6 Å². The van der Waals surface area contributed by atoms with Crippen LogP contribution in [-0.2, 0) is 9.84 Å². The molecule has 0 amide bonds. The maximum absolute atomic E-state index is 10.9. The van der Waals surface area contributed by atoms with Gasteiger partial charge >= 0.3 is 0 Å². The van der Waals surface area contributed by atoms with Gasteiger partial charge in [-0.1, -0.05) is 6.92 Å². The number of hydrogen-bond acceptors (Lipinski definition) is 4. The second kappa shape index (κ2) is 7.20. The van der Waals surface area contributed by atoms with Gasteiger partial charge in [0.05, 0.1) is 5.75 Å². The summed E-state index contributed by atoms with van der Waals surface area (Å²) in [6.07, 6.45) is 2.34. The Bertz CT molecular complexity index is 227. The summed E-state index contributed by atoms with van der Waals surface area (Å²) in [5, 5.41) is 3.23. The molecule has 0 aromatic rings. The Hall–Kier alpha value is -0.130. The molecular weight excluding hydrogens is 200 g/mol. The second-order valence-electron chi connectivity index (χ2n) is 3.64. The van der Waals surface area contributed by atoms with Gasteiger partial charge in [-0.05, 0) is 33.1 Å². The molecule has 0 aromatic heterocycles. The molecule has 0 aliphatic carbocycles. The van der Waals surface area contributed by atoms with Crippen LogP contribution >= 0.6 is 0 Å². The lowest BCUT2D eigenvalue weighted by atomic mass is 10.4. The van der Waals surface area contributed by atoms with Gasteiger partial charge in [-0.15, -0.1) is 0 Å². The van der Waals surface area contributed by atoms with E-state index in [2.05, 4.69) is 17.1 Å². The van der Waals surface area contributed by atoms with Gasteiger partial charge in [0.25, 0.3) is 0 Å². The van der Waals surface area contributed by atoms with E-state index in [1.807, 2.05) is 7.05 Å². The number of nitrogens with zero attached hydrogens (tertiary/aromatic N) is 1. The molecular formula is C9H22N2O2S. The van der Waals surface area contributed by atoms with Gasteiger partial charge in [0.1, 0.15) is 9.84 Å². The van der Waals surface area contributed by atoms with Crippen LogP contribution in [0.3, 0.4) is 0 Å². The van der Waals surface area contributed by atoms with Crippen molar-refractivity contribution >= 4 is 9.84 Å². The summed E-state index contributed by atoms with van der Waals surface area (Å²) in [7, 11) is -0.856. The fourth-order valence-corrected chi connectivity index (χ4v) is 1.73. The largest absolute Gasteiger partial charge is 0.317 e. The van der Waals surface area contributed by atoms with Crippen LogP contribution < -0.4 is 5.32 Å². The highest BCUT2D eigenvalue weighted by molar-refractivity contribution is 7.90. The molecule has 0 spiro atoms. The van der Waals surface area contributed by atoms with Gasteiger partial charge in [0.15, 0.2) is 0 Å². The fourth-order valence-electron chi connectivity index (χ4n) is 1.08. The summed E-state index contributed by atoms with van der Waals surface area (Å²) >= 11 is 0. The number of sulfone groups is 1.